The fourth-order valence-electron chi connectivity index (χ4n) is 2.52. The third-order valence-corrected chi connectivity index (χ3v) is 4.17. The molecule has 0 unspecified atom stereocenters. The molecule has 0 saturated heterocycles. The van der Waals surface area contributed by atoms with Crippen LogP contribution < -0.4 is 25.4 Å². The maximum atomic E-state index is 8.88. The van der Waals surface area contributed by atoms with Crippen molar-refractivity contribution in [3.8, 4) is 23.6 Å². The number of rotatable bonds is 9. The third-order valence-electron chi connectivity index (χ3n) is 3.88. The zero-order valence-electron chi connectivity index (χ0n) is 15.6. The van der Waals surface area contributed by atoms with Gasteiger partial charge in [-0.25, -0.2) is 9.97 Å². The number of aromatic nitrogens is 2. The van der Waals surface area contributed by atoms with Crippen LogP contribution in [0.1, 0.15) is 12.8 Å². The first kappa shape index (κ1) is 20.9. The van der Waals surface area contributed by atoms with Gasteiger partial charge in [0.2, 0.25) is 0 Å². The lowest BCUT2D eigenvalue weighted by Crippen LogP contribution is -2.27. The average Bonchev–Trinajstić information content (AvgIpc) is 2.70. The molecule has 0 aliphatic rings. The Bertz CT molecular complexity index is 890. The van der Waals surface area contributed by atoms with Crippen LogP contribution in [-0.4, -0.2) is 37.3 Å². The fraction of sp³-hybridized carbons (Fsp3) is 0.333. The van der Waals surface area contributed by atoms with E-state index in [0.717, 1.165) is 0 Å². The van der Waals surface area contributed by atoms with Gasteiger partial charge >= 0.3 is 0 Å². The molecule has 0 radical (unpaired) electrons. The van der Waals surface area contributed by atoms with Gasteiger partial charge in [-0.05, 0) is 6.07 Å². The molecule has 9 nitrogen and oxygen atoms in total. The van der Waals surface area contributed by atoms with Crippen molar-refractivity contribution in [2.24, 2.45) is 0 Å². The number of nitrogens with zero attached hydrogens (tertiary/aromatic N) is 5. The van der Waals surface area contributed by atoms with Crippen LogP contribution >= 0.6 is 11.6 Å². The predicted molar refractivity (Wildman–Crippen MR) is 107 cm³/mol. The Morgan fingerprint density at radius 3 is 2.32 bits per heavy atom. The molecule has 146 valence electrons. The number of ether oxygens (including phenoxy) is 2. The number of nitrogens with one attached hydrogen (secondary N) is 1. The Hall–Kier alpha value is -3.43. The number of halogens is 1. The minimum absolute atomic E-state index is 0.277. The van der Waals surface area contributed by atoms with Gasteiger partial charge in [-0.3, -0.25) is 0 Å². The molecule has 0 atom stereocenters. The van der Waals surface area contributed by atoms with Crippen molar-refractivity contribution < 1.29 is 9.47 Å². The molecule has 28 heavy (non-hydrogen) atoms. The molecular weight excluding hydrogens is 382 g/mol. The highest BCUT2D eigenvalue weighted by molar-refractivity contribution is 6.32. The van der Waals surface area contributed by atoms with Crippen molar-refractivity contribution in [1.29, 1.82) is 10.5 Å². The van der Waals surface area contributed by atoms with Crippen LogP contribution in [0.5, 0.6) is 11.5 Å². The third kappa shape index (κ3) is 4.84. The lowest BCUT2D eigenvalue weighted by Gasteiger charge is -2.24. The molecule has 1 heterocycles. The molecule has 10 heteroatoms. The summed E-state index contributed by atoms with van der Waals surface area (Å²) in [6.45, 7) is 0.799. The molecule has 1 aromatic carbocycles. The van der Waals surface area contributed by atoms with Crippen molar-refractivity contribution in [3.63, 3.8) is 0 Å². The van der Waals surface area contributed by atoms with E-state index in [9.17, 15) is 0 Å². The maximum absolute atomic E-state index is 8.88. The van der Waals surface area contributed by atoms with E-state index in [1.54, 1.807) is 17.0 Å². The SMILES string of the molecule is COc1cc(OC)c(Nc2ncnc(N(CCC#N)CCC#N)c2N)cc1Cl. The Morgan fingerprint density at radius 2 is 1.75 bits per heavy atom. The normalized spacial score (nSPS) is 9.89. The monoisotopic (exact) mass is 401 g/mol. The summed E-state index contributed by atoms with van der Waals surface area (Å²) in [4.78, 5) is 10.2. The van der Waals surface area contributed by atoms with Gasteiger partial charge in [0.1, 0.15) is 23.5 Å². The molecule has 2 aromatic rings. The van der Waals surface area contributed by atoms with Crippen LogP contribution in [0.4, 0.5) is 23.0 Å². The van der Waals surface area contributed by atoms with Crippen molar-refractivity contribution in [1.82, 2.24) is 9.97 Å². The average molecular weight is 402 g/mol. The zero-order valence-corrected chi connectivity index (χ0v) is 16.3. The number of hydrogen-bond donors (Lipinski definition) is 2. The highest BCUT2D eigenvalue weighted by atomic mass is 35.5. The molecule has 0 spiro atoms. The minimum atomic E-state index is 0.277. The first-order chi connectivity index (χ1) is 13.5. The van der Waals surface area contributed by atoms with E-state index < -0.39 is 0 Å². The molecule has 0 bridgehead atoms. The van der Waals surface area contributed by atoms with Crippen LogP contribution in [0.2, 0.25) is 5.02 Å². The second-order valence-electron chi connectivity index (χ2n) is 5.57. The lowest BCUT2D eigenvalue weighted by atomic mass is 10.2. The van der Waals surface area contributed by atoms with Gasteiger partial charge in [0.25, 0.3) is 0 Å². The quantitative estimate of drug-likeness (QED) is 0.649. The summed E-state index contributed by atoms with van der Waals surface area (Å²) < 4.78 is 10.6. The van der Waals surface area contributed by atoms with E-state index in [4.69, 9.17) is 37.3 Å². The number of benzene rings is 1. The van der Waals surface area contributed by atoms with E-state index in [1.165, 1.54) is 20.5 Å². The van der Waals surface area contributed by atoms with E-state index >= 15 is 0 Å². The van der Waals surface area contributed by atoms with Gasteiger partial charge < -0.3 is 25.4 Å². The minimum Gasteiger partial charge on any atom is -0.495 e. The molecule has 2 rings (SSSR count). The molecule has 3 N–H and O–H groups in total. The molecule has 0 saturated carbocycles. The van der Waals surface area contributed by atoms with Gasteiger partial charge in [0, 0.05) is 19.2 Å². The van der Waals surface area contributed by atoms with Crippen molar-refractivity contribution in [2.45, 2.75) is 12.8 Å². The van der Waals surface area contributed by atoms with Gasteiger partial charge in [-0.15, -0.1) is 0 Å². The number of anilines is 4. The molecular formula is C18H20ClN7O2. The van der Waals surface area contributed by atoms with E-state index in [2.05, 4.69) is 27.4 Å². The Morgan fingerprint density at radius 1 is 1.11 bits per heavy atom. The van der Waals surface area contributed by atoms with Crippen LogP contribution in [0.3, 0.4) is 0 Å². The number of nitrogens with two attached hydrogens (primary N) is 1. The van der Waals surface area contributed by atoms with Crippen LogP contribution in [-0.2, 0) is 0 Å². The summed E-state index contributed by atoms with van der Waals surface area (Å²) in [5.74, 6) is 1.76. The van der Waals surface area contributed by atoms with Crippen LogP contribution in [0.15, 0.2) is 18.5 Å². The summed E-state index contributed by atoms with van der Waals surface area (Å²) in [5.41, 5.74) is 7.10. The Balaban J connectivity index is 2.38. The van der Waals surface area contributed by atoms with Gasteiger partial charge in [0.15, 0.2) is 11.6 Å². The highest BCUT2D eigenvalue weighted by Gasteiger charge is 2.17. The van der Waals surface area contributed by atoms with Gasteiger partial charge in [-0.1, -0.05) is 11.6 Å². The van der Waals surface area contributed by atoms with Gasteiger partial charge in [0.05, 0.1) is 49.9 Å². The van der Waals surface area contributed by atoms with Crippen molar-refractivity contribution >= 4 is 34.6 Å². The first-order valence-electron chi connectivity index (χ1n) is 8.33. The van der Waals surface area contributed by atoms with E-state index in [-0.39, 0.29) is 18.5 Å². The summed E-state index contributed by atoms with van der Waals surface area (Å²) in [5, 5.41) is 21.2. The summed E-state index contributed by atoms with van der Waals surface area (Å²) in [7, 11) is 3.04. The number of methoxy groups -OCH3 is 2. The standard InChI is InChI=1S/C18H20ClN7O2/c1-27-14-10-15(28-2)13(9-12(14)19)25-17-16(22)18(24-11-23-17)26(7-3-5-20)8-4-6-21/h9-11H,3-4,7-8,22H2,1-2H3,(H,23,24,25). The smallest absolute Gasteiger partial charge is 0.159 e. The lowest BCUT2D eigenvalue weighted by molar-refractivity contribution is 0.396. The molecule has 0 aliphatic heterocycles. The summed E-state index contributed by atoms with van der Waals surface area (Å²) >= 11 is 6.21. The maximum Gasteiger partial charge on any atom is 0.159 e. The molecule has 0 aliphatic carbocycles. The second-order valence-corrected chi connectivity index (χ2v) is 5.98. The predicted octanol–water partition coefficient (Wildman–Crippen LogP) is 3.11. The molecule has 1 aromatic heterocycles. The number of nitrogen functional groups attached to an aromatic ring is 1. The van der Waals surface area contributed by atoms with Crippen molar-refractivity contribution in [2.75, 3.05) is 43.3 Å². The van der Waals surface area contributed by atoms with Crippen molar-refractivity contribution in [3.05, 3.63) is 23.5 Å². The largest absolute Gasteiger partial charge is 0.495 e. The highest BCUT2D eigenvalue weighted by Crippen LogP contribution is 2.38. The summed E-state index contributed by atoms with van der Waals surface area (Å²) in [6, 6.07) is 7.46. The molecule has 0 fully saturated rings. The first-order valence-corrected chi connectivity index (χ1v) is 8.71. The topological polar surface area (TPSA) is 133 Å². The van der Waals surface area contributed by atoms with Crippen LogP contribution in [0.25, 0.3) is 0 Å². The Kier molecular flexibility index (Phi) is 7.49. The molecule has 0 amide bonds. The number of nitriles is 2. The van der Waals surface area contributed by atoms with E-state index in [1.807, 2.05) is 0 Å². The van der Waals surface area contributed by atoms with Gasteiger partial charge in [-0.2, -0.15) is 10.5 Å². The summed E-state index contributed by atoms with van der Waals surface area (Å²) in [6.07, 6.45) is 1.91. The second kappa shape index (κ2) is 10.0. The van der Waals surface area contributed by atoms with Crippen LogP contribution in [0, 0.1) is 22.7 Å². The fourth-order valence-corrected chi connectivity index (χ4v) is 2.76. The zero-order chi connectivity index (χ0) is 20.5. The van der Waals surface area contributed by atoms with E-state index in [0.29, 0.717) is 46.9 Å². The Labute approximate surface area is 168 Å². The number of hydrogen-bond acceptors (Lipinski definition) is 9.